The van der Waals surface area contributed by atoms with Crippen LogP contribution in [0, 0.1) is 6.92 Å². The third kappa shape index (κ3) is 4.86. The average Bonchev–Trinajstić information content (AvgIpc) is 2.54. The predicted octanol–water partition coefficient (Wildman–Crippen LogP) is 4.65. The van der Waals surface area contributed by atoms with E-state index in [0.29, 0.717) is 19.8 Å². The number of hydrogen-bond acceptors (Lipinski definition) is 3. The number of benzene rings is 2. The van der Waals surface area contributed by atoms with Crippen molar-refractivity contribution in [2.24, 2.45) is 0 Å². The quantitative estimate of drug-likeness (QED) is 0.664. The highest BCUT2D eigenvalue weighted by Gasteiger charge is 2.11. The topological polar surface area (TPSA) is 27.7 Å². The van der Waals surface area contributed by atoms with E-state index >= 15 is 0 Å². The molecule has 22 heavy (non-hydrogen) atoms. The van der Waals surface area contributed by atoms with Crippen LogP contribution in [0.2, 0.25) is 0 Å². The molecule has 0 amide bonds. The van der Waals surface area contributed by atoms with Crippen molar-refractivity contribution in [2.45, 2.75) is 33.7 Å². The summed E-state index contributed by atoms with van der Waals surface area (Å²) >= 11 is 0. The Bertz CT molecular complexity index is 557. The molecule has 0 heterocycles. The number of ether oxygens (including phenoxy) is 3. The zero-order valence-corrected chi connectivity index (χ0v) is 13.5. The summed E-state index contributed by atoms with van der Waals surface area (Å²) < 4.78 is 17.1. The summed E-state index contributed by atoms with van der Waals surface area (Å²) in [7, 11) is 0. The Morgan fingerprint density at radius 2 is 1.59 bits per heavy atom. The molecule has 0 bridgehead atoms. The molecule has 0 saturated carbocycles. The molecule has 2 rings (SSSR count). The standard InChI is InChI=1S/C19H24O3/c1-4-20-19(21-5-2)17-7-6-8-18(13-17)22-14-16-11-9-15(3)10-12-16/h6-13,19H,4-5,14H2,1-3H3. The van der Waals surface area contributed by atoms with Crippen LogP contribution >= 0.6 is 0 Å². The number of aryl methyl sites for hydroxylation is 1. The number of rotatable bonds is 8. The van der Waals surface area contributed by atoms with Gasteiger partial charge >= 0.3 is 0 Å². The van der Waals surface area contributed by atoms with Gasteiger partial charge in [-0.2, -0.15) is 0 Å². The van der Waals surface area contributed by atoms with Gasteiger partial charge in [-0.15, -0.1) is 0 Å². The van der Waals surface area contributed by atoms with Gasteiger partial charge in [0.2, 0.25) is 0 Å². The summed E-state index contributed by atoms with van der Waals surface area (Å²) in [5, 5.41) is 0. The van der Waals surface area contributed by atoms with Crippen LogP contribution in [0.25, 0.3) is 0 Å². The van der Waals surface area contributed by atoms with Crippen molar-refractivity contribution >= 4 is 0 Å². The highest BCUT2D eigenvalue weighted by atomic mass is 16.7. The second kappa shape index (κ2) is 8.57. The first kappa shape index (κ1) is 16.5. The second-order valence-electron chi connectivity index (χ2n) is 5.09. The normalized spacial score (nSPS) is 10.9. The minimum Gasteiger partial charge on any atom is -0.489 e. The highest BCUT2D eigenvalue weighted by Crippen LogP contribution is 2.24. The van der Waals surface area contributed by atoms with Gasteiger partial charge in [0, 0.05) is 18.8 Å². The van der Waals surface area contributed by atoms with Crippen LogP contribution < -0.4 is 4.74 Å². The fraction of sp³-hybridized carbons (Fsp3) is 0.368. The molecule has 0 aliphatic carbocycles. The van der Waals surface area contributed by atoms with Crippen molar-refractivity contribution in [1.82, 2.24) is 0 Å². The van der Waals surface area contributed by atoms with Gasteiger partial charge in [-0.25, -0.2) is 0 Å². The van der Waals surface area contributed by atoms with Gasteiger partial charge in [0.25, 0.3) is 0 Å². The SMILES string of the molecule is CCOC(OCC)c1cccc(OCc2ccc(C)cc2)c1. The number of hydrogen-bond donors (Lipinski definition) is 0. The van der Waals surface area contributed by atoms with Gasteiger partial charge in [0.1, 0.15) is 12.4 Å². The molecule has 118 valence electrons. The van der Waals surface area contributed by atoms with E-state index in [1.54, 1.807) is 0 Å². The van der Waals surface area contributed by atoms with E-state index in [1.807, 2.05) is 38.1 Å². The molecule has 0 saturated heterocycles. The zero-order chi connectivity index (χ0) is 15.8. The predicted molar refractivity (Wildman–Crippen MR) is 87.9 cm³/mol. The smallest absolute Gasteiger partial charge is 0.183 e. The lowest BCUT2D eigenvalue weighted by Crippen LogP contribution is -2.09. The molecule has 2 aromatic rings. The van der Waals surface area contributed by atoms with Crippen LogP contribution in [0.15, 0.2) is 48.5 Å². The summed E-state index contributed by atoms with van der Waals surface area (Å²) in [6.45, 7) is 7.78. The van der Waals surface area contributed by atoms with Crippen molar-refractivity contribution in [2.75, 3.05) is 13.2 Å². The third-order valence-electron chi connectivity index (χ3n) is 3.29. The first-order chi connectivity index (χ1) is 10.7. The lowest BCUT2D eigenvalue weighted by Gasteiger charge is -2.18. The molecule has 0 aliphatic heterocycles. The van der Waals surface area contributed by atoms with Crippen molar-refractivity contribution < 1.29 is 14.2 Å². The summed E-state index contributed by atoms with van der Waals surface area (Å²) in [5.41, 5.74) is 3.38. The second-order valence-corrected chi connectivity index (χ2v) is 5.09. The Morgan fingerprint density at radius 3 is 2.23 bits per heavy atom. The maximum atomic E-state index is 5.87. The summed E-state index contributed by atoms with van der Waals surface area (Å²) in [5.74, 6) is 0.822. The van der Waals surface area contributed by atoms with Crippen molar-refractivity contribution in [1.29, 1.82) is 0 Å². The zero-order valence-electron chi connectivity index (χ0n) is 13.5. The minimum absolute atomic E-state index is 0.335. The fourth-order valence-corrected chi connectivity index (χ4v) is 2.15. The summed E-state index contributed by atoms with van der Waals surface area (Å²) in [4.78, 5) is 0. The Kier molecular flexibility index (Phi) is 6.44. The van der Waals surface area contributed by atoms with Gasteiger partial charge in [-0.3, -0.25) is 0 Å². The van der Waals surface area contributed by atoms with E-state index in [9.17, 15) is 0 Å². The van der Waals surface area contributed by atoms with E-state index in [1.165, 1.54) is 5.56 Å². The van der Waals surface area contributed by atoms with Gasteiger partial charge in [-0.1, -0.05) is 42.0 Å². The van der Waals surface area contributed by atoms with E-state index < -0.39 is 0 Å². The Labute approximate surface area is 132 Å². The largest absolute Gasteiger partial charge is 0.489 e. The third-order valence-corrected chi connectivity index (χ3v) is 3.29. The first-order valence-electron chi connectivity index (χ1n) is 7.74. The van der Waals surface area contributed by atoms with Crippen LogP contribution in [-0.4, -0.2) is 13.2 Å². The summed E-state index contributed by atoms with van der Waals surface area (Å²) in [6.07, 6.45) is -0.335. The molecule has 0 atom stereocenters. The van der Waals surface area contributed by atoms with E-state index in [2.05, 4.69) is 31.2 Å². The molecule has 0 radical (unpaired) electrons. The van der Waals surface area contributed by atoms with Gasteiger partial charge < -0.3 is 14.2 Å². The minimum atomic E-state index is -0.335. The van der Waals surface area contributed by atoms with E-state index in [0.717, 1.165) is 16.9 Å². The Hall–Kier alpha value is -1.84. The van der Waals surface area contributed by atoms with Crippen molar-refractivity contribution in [3.8, 4) is 5.75 Å². The van der Waals surface area contributed by atoms with E-state index in [-0.39, 0.29) is 6.29 Å². The molecule has 2 aromatic carbocycles. The molecular formula is C19H24O3. The van der Waals surface area contributed by atoms with Crippen LogP contribution in [0.5, 0.6) is 5.75 Å². The molecule has 0 N–H and O–H groups in total. The molecule has 0 aromatic heterocycles. The maximum Gasteiger partial charge on any atom is 0.183 e. The van der Waals surface area contributed by atoms with Gasteiger partial charge in [-0.05, 0) is 38.5 Å². The van der Waals surface area contributed by atoms with Crippen LogP contribution in [0.1, 0.15) is 36.8 Å². The lowest BCUT2D eigenvalue weighted by molar-refractivity contribution is -0.140. The van der Waals surface area contributed by atoms with Crippen molar-refractivity contribution in [3.05, 3.63) is 65.2 Å². The summed E-state index contributed by atoms with van der Waals surface area (Å²) in [6, 6.07) is 16.2. The van der Waals surface area contributed by atoms with Gasteiger partial charge in [0.05, 0.1) is 0 Å². The van der Waals surface area contributed by atoms with Crippen molar-refractivity contribution in [3.63, 3.8) is 0 Å². The monoisotopic (exact) mass is 300 g/mol. The van der Waals surface area contributed by atoms with Gasteiger partial charge in [0.15, 0.2) is 6.29 Å². The fourth-order valence-electron chi connectivity index (χ4n) is 2.15. The first-order valence-corrected chi connectivity index (χ1v) is 7.74. The van der Waals surface area contributed by atoms with E-state index in [4.69, 9.17) is 14.2 Å². The Morgan fingerprint density at radius 1 is 0.909 bits per heavy atom. The Balaban J connectivity index is 2.02. The average molecular weight is 300 g/mol. The molecule has 0 unspecified atom stereocenters. The molecule has 3 heteroatoms. The van der Waals surface area contributed by atoms with Crippen LogP contribution in [0.4, 0.5) is 0 Å². The molecule has 3 nitrogen and oxygen atoms in total. The molecule has 0 spiro atoms. The molecule has 0 aliphatic rings. The van der Waals surface area contributed by atoms with Crippen LogP contribution in [0.3, 0.4) is 0 Å². The lowest BCUT2D eigenvalue weighted by atomic mass is 10.1. The molecule has 0 fully saturated rings. The molecular weight excluding hydrogens is 276 g/mol. The maximum absolute atomic E-state index is 5.87. The van der Waals surface area contributed by atoms with Crippen LogP contribution in [-0.2, 0) is 16.1 Å². The highest BCUT2D eigenvalue weighted by molar-refractivity contribution is 5.30.